The summed E-state index contributed by atoms with van der Waals surface area (Å²) in [5.74, 6) is -6.77. The van der Waals surface area contributed by atoms with Gasteiger partial charge in [-0.15, -0.1) is 0 Å². The minimum Gasteiger partial charge on any atom is -0.748 e. The number of nitrogens with zero attached hydrogens (tertiary/aromatic N) is 2. The summed E-state index contributed by atoms with van der Waals surface area (Å²) in [4.78, 5) is 38.8. The SMILES string of the molecule is CC(=O)N(C)c1c(I)c(C(=O)OC(CS(=O)(=O)[O-])(C(F)(F)F)C(F)(F)F)c(I)c(N(C)C(C)=O)c1I. The zero-order valence-corrected chi connectivity index (χ0v) is 25.6. The van der Waals surface area contributed by atoms with Crippen LogP contribution < -0.4 is 9.80 Å². The van der Waals surface area contributed by atoms with Crippen molar-refractivity contribution in [2.45, 2.75) is 31.8 Å². The molecule has 0 aliphatic heterocycles. The van der Waals surface area contributed by atoms with E-state index < -0.39 is 57.2 Å². The van der Waals surface area contributed by atoms with E-state index in [1.165, 1.54) is 59.3 Å². The summed E-state index contributed by atoms with van der Waals surface area (Å²) in [7, 11) is -3.86. The van der Waals surface area contributed by atoms with E-state index in [4.69, 9.17) is 0 Å². The molecule has 9 nitrogen and oxygen atoms in total. The highest BCUT2D eigenvalue weighted by atomic mass is 127. The Morgan fingerprint density at radius 3 is 1.42 bits per heavy atom. The Hall–Kier alpha value is -0.690. The molecule has 0 fully saturated rings. The van der Waals surface area contributed by atoms with Crippen molar-refractivity contribution in [3.63, 3.8) is 0 Å². The fourth-order valence-electron chi connectivity index (χ4n) is 2.65. The smallest absolute Gasteiger partial charge is 0.438 e. The summed E-state index contributed by atoms with van der Waals surface area (Å²) in [5.41, 5.74) is -6.93. The number of halogens is 9. The number of carbonyl (C=O) groups is 3. The zero-order valence-electron chi connectivity index (χ0n) is 18.3. The fraction of sp³-hybridized carbons (Fsp3) is 0.471. The van der Waals surface area contributed by atoms with Gasteiger partial charge in [0.15, 0.2) is 0 Å². The first-order valence-corrected chi connectivity index (χ1v) is 13.7. The van der Waals surface area contributed by atoms with Crippen LogP contribution in [0.4, 0.5) is 37.7 Å². The van der Waals surface area contributed by atoms with E-state index in [1.54, 1.807) is 22.6 Å². The second-order valence-corrected chi connectivity index (χ2v) is 11.7. The van der Waals surface area contributed by atoms with Gasteiger partial charge in [-0.2, -0.15) is 26.3 Å². The molecule has 2 amide bonds. The molecule has 0 spiro atoms. The first-order valence-electron chi connectivity index (χ1n) is 8.90. The van der Waals surface area contributed by atoms with Crippen molar-refractivity contribution in [2.75, 3.05) is 29.6 Å². The number of esters is 1. The van der Waals surface area contributed by atoms with E-state index in [1.807, 2.05) is 0 Å². The van der Waals surface area contributed by atoms with E-state index in [-0.39, 0.29) is 22.1 Å². The highest BCUT2D eigenvalue weighted by Gasteiger charge is 2.75. The van der Waals surface area contributed by atoms with Crippen molar-refractivity contribution < 1.29 is 58.4 Å². The van der Waals surface area contributed by atoms with E-state index in [9.17, 15) is 53.7 Å². The summed E-state index contributed by atoms with van der Waals surface area (Å²) in [6.45, 7) is 2.15. The van der Waals surface area contributed by atoms with Crippen LogP contribution in [-0.4, -0.2) is 68.6 Å². The molecule has 1 aromatic rings. The van der Waals surface area contributed by atoms with Gasteiger partial charge in [0.25, 0.3) is 0 Å². The molecule has 0 bridgehead atoms. The molecule has 0 aromatic heterocycles. The van der Waals surface area contributed by atoms with Gasteiger partial charge in [0.1, 0.15) is 0 Å². The quantitative estimate of drug-likeness (QED) is 0.183. The van der Waals surface area contributed by atoms with Gasteiger partial charge in [-0.1, -0.05) is 0 Å². The van der Waals surface area contributed by atoms with Crippen LogP contribution in [0.25, 0.3) is 0 Å². The summed E-state index contributed by atoms with van der Waals surface area (Å²) in [6, 6.07) is 0. The predicted molar refractivity (Wildman–Crippen MR) is 138 cm³/mol. The monoisotopic (exact) mass is 885 g/mol. The maximum Gasteiger partial charge on any atom is 0.438 e. The molecule has 1 rings (SSSR count). The summed E-state index contributed by atoms with van der Waals surface area (Å²) < 4.78 is 118. The van der Waals surface area contributed by atoms with E-state index in [0.29, 0.717) is 0 Å². The average Bonchev–Trinajstić information content (AvgIpc) is 2.63. The Balaban J connectivity index is 4.12. The Morgan fingerprint density at radius 2 is 1.17 bits per heavy atom. The third-order valence-electron chi connectivity index (χ3n) is 4.65. The average molecular weight is 885 g/mol. The maximum absolute atomic E-state index is 13.7. The second kappa shape index (κ2) is 11.2. The molecule has 0 N–H and O–H groups in total. The van der Waals surface area contributed by atoms with Crippen molar-refractivity contribution in [3.05, 3.63) is 16.3 Å². The van der Waals surface area contributed by atoms with Gasteiger partial charge in [-0.05, 0) is 67.8 Å². The molecule has 0 saturated heterocycles. The van der Waals surface area contributed by atoms with Crippen LogP contribution in [0.2, 0.25) is 0 Å². The first kappa shape index (κ1) is 33.3. The van der Waals surface area contributed by atoms with Crippen molar-refractivity contribution in [2.24, 2.45) is 0 Å². The van der Waals surface area contributed by atoms with Crippen LogP contribution in [0.1, 0.15) is 24.2 Å². The molecule has 0 aliphatic carbocycles. The second-order valence-electron chi connectivity index (χ2n) is 7.08. The standard InChI is InChI=1S/C17H15F6I3N2O7S/c1-6(29)27(3)12-9(24)8(10(25)13(11(12)26)28(4)7(2)30)14(31)35-15(16(18,19)20,17(21,22)23)5-36(32,33)34/h5H2,1-4H3,(H,32,33,34)/p-1. The number of hydrogen-bond donors (Lipinski definition) is 0. The number of rotatable bonds is 6. The molecular weight excluding hydrogens is 871 g/mol. The number of ether oxygens (including phenoxy) is 1. The Bertz CT molecular complexity index is 1140. The minimum atomic E-state index is -6.57. The van der Waals surface area contributed by atoms with Gasteiger partial charge in [-0.25, -0.2) is 13.2 Å². The summed E-state index contributed by atoms with van der Waals surface area (Å²) in [5, 5.41) is 0. The van der Waals surface area contributed by atoms with Crippen LogP contribution in [0.5, 0.6) is 0 Å². The van der Waals surface area contributed by atoms with E-state index in [0.717, 1.165) is 23.6 Å². The van der Waals surface area contributed by atoms with Gasteiger partial charge in [0.05, 0.1) is 43.5 Å². The number of anilines is 2. The Kier molecular flexibility index (Phi) is 10.4. The number of benzene rings is 1. The lowest BCUT2D eigenvalue weighted by molar-refractivity contribution is -0.356. The predicted octanol–water partition coefficient (Wildman–Crippen LogP) is 4.03. The minimum absolute atomic E-state index is 0.133. The van der Waals surface area contributed by atoms with Crippen molar-refractivity contribution in [1.29, 1.82) is 0 Å². The van der Waals surface area contributed by atoms with Gasteiger partial charge < -0.3 is 19.1 Å². The van der Waals surface area contributed by atoms with Gasteiger partial charge in [0.2, 0.25) is 11.8 Å². The first-order chi connectivity index (χ1) is 15.9. The normalized spacial score (nSPS) is 12.8. The van der Waals surface area contributed by atoms with Crippen molar-refractivity contribution in [1.82, 2.24) is 0 Å². The Morgan fingerprint density at radius 1 is 0.833 bits per heavy atom. The number of carbonyl (C=O) groups excluding carboxylic acids is 3. The lowest BCUT2D eigenvalue weighted by atomic mass is 10.0. The molecule has 0 atom stereocenters. The van der Waals surface area contributed by atoms with Gasteiger partial charge in [0, 0.05) is 27.9 Å². The highest BCUT2D eigenvalue weighted by Crippen LogP contribution is 2.48. The third-order valence-corrected chi connectivity index (χ3v) is 8.54. The molecule has 36 heavy (non-hydrogen) atoms. The molecule has 0 saturated carbocycles. The van der Waals surface area contributed by atoms with Crippen molar-refractivity contribution in [3.8, 4) is 0 Å². The van der Waals surface area contributed by atoms with Crippen LogP contribution in [0.15, 0.2) is 0 Å². The molecule has 0 unspecified atom stereocenters. The van der Waals surface area contributed by atoms with Crippen LogP contribution in [0.3, 0.4) is 0 Å². The van der Waals surface area contributed by atoms with E-state index in [2.05, 4.69) is 4.74 Å². The van der Waals surface area contributed by atoms with Crippen LogP contribution in [0, 0.1) is 10.7 Å². The molecule has 0 heterocycles. The molecule has 19 heteroatoms. The maximum atomic E-state index is 13.7. The molecule has 1 aromatic carbocycles. The van der Waals surface area contributed by atoms with Crippen LogP contribution in [-0.2, 0) is 24.4 Å². The molecule has 204 valence electrons. The summed E-state index contributed by atoms with van der Waals surface area (Å²) in [6.07, 6.45) is -13.1. The fourth-order valence-corrected chi connectivity index (χ4v) is 8.59. The lowest BCUT2D eigenvalue weighted by Gasteiger charge is -2.37. The largest absolute Gasteiger partial charge is 0.748 e. The number of hydrogen-bond acceptors (Lipinski definition) is 7. The van der Waals surface area contributed by atoms with E-state index >= 15 is 0 Å². The van der Waals surface area contributed by atoms with Crippen molar-refractivity contribution >= 4 is 107 Å². The molecular formula is C17H14F6I3N2O7S-. The third kappa shape index (κ3) is 6.65. The van der Waals surface area contributed by atoms with Crippen LogP contribution >= 0.6 is 67.8 Å². The highest BCUT2D eigenvalue weighted by molar-refractivity contribution is 14.1. The number of alkyl halides is 6. The van der Waals surface area contributed by atoms with Gasteiger partial charge in [-0.3, -0.25) is 9.59 Å². The number of amides is 2. The summed E-state index contributed by atoms with van der Waals surface area (Å²) >= 11 is 4.44. The lowest BCUT2D eigenvalue weighted by Crippen LogP contribution is -2.63. The molecule has 0 radical (unpaired) electrons. The zero-order chi connectivity index (χ0) is 28.8. The Labute approximate surface area is 241 Å². The topological polar surface area (TPSA) is 124 Å². The van der Waals surface area contributed by atoms with Gasteiger partial charge >= 0.3 is 23.9 Å². The molecule has 0 aliphatic rings.